The van der Waals surface area contributed by atoms with Crippen molar-refractivity contribution in [3.63, 3.8) is 0 Å². The fourth-order valence-corrected chi connectivity index (χ4v) is 1.49. The lowest BCUT2D eigenvalue weighted by molar-refractivity contribution is -0.138. The van der Waals surface area contributed by atoms with E-state index in [1.165, 1.54) is 4.52 Å². The minimum atomic E-state index is -0.958. The molecule has 0 bridgehead atoms. The molecule has 0 spiro atoms. The Morgan fingerprint density at radius 2 is 2.40 bits per heavy atom. The van der Waals surface area contributed by atoms with Gasteiger partial charge in [0.1, 0.15) is 5.92 Å². The van der Waals surface area contributed by atoms with Crippen LogP contribution in [-0.4, -0.2) is 32.4 Å². The second kappa shape index (κ2) is 3.66. The molecule has 2 heterocycles. The van der Waals surface area contributed by atoms with Crippen LogP contribution < -0.4 is 5.73 Å². The monoisotopic (exact) mass is 206 g/mol. The maximum absolute atomic E-state index is 11.0. The summed E-state index contributed by atoms with van der Waals surface area (Å²) in [7, 11) is 0. The van der Waals surface area contributed by atoms with Crippen LogP contribution in [0.1, 0.15) is 11.6 Å². The van der Waals surface area contributed by atoms with Crippen molar-refractivity contribution in [2.75, 3.05) is 6.54 Å². The molecule has 6 heteroatoms. The Labute approximate surface area is 85.3 Å². The SMILES string of the molecule is NCC(C(=O)O)c1cccc2cnnn12. The number of carboxylic acids is 1. The molecule has 0 aliphatic rings. The van der Waals surface area contributed by atoms with E-state index in [1.807, 2.05) is 0 Å². The summed E-state index contributed by atoms with van der Waals surface area (Å²) in [5, 5.41) is 16.5. The second-order valence-corrected chi connectivity index (χ2v) is 3.15. The number of nitrogens with zero attached hydrogens (tertiary/aromatic N) is 3. The Hall–Kier alpha value is -1.95. The third-order valence-corrected chi connectivity index (χ3v) is 2.25. The van der Waals surface area contributed by atoms with Gasteiger partial charge in [-0.05, 0) is 12.1 Å². The summed E-state index contributed by atoms with van der Waals surface area (Å²) in [6, 6.07) is 5.26. The minimum absolute atomic E-state index is 0.0360. The van der Waals surface area contributed by atoms with Crippen molar-refractivity contribution in [3.05, 3.63) is 30.1 Å². The van der Waals surface area contributed by atoms with E-state index < -0.39 is 11.9 Å². The Balaban J connectivity index is 2.59. The summed E-state index contributed by atoms with van der Waals surface area (Å²) in [6.45, 7) is 0.0360. The van der Waals surface area contributed by atoms with Crippen LogP contribution in [0, 0.1) is 0 Å². The molecular weight excluding hydrogens is 196 g/mol. The fraction of sp³-hybridized carbons (Fsp3) is 0.222. The molecule has 0 aromatic carbocycles. The first-order valence-electron chi connectivity index (χ1n) is 4.46. The predicted molar refractivity (Wildman–Crippen MR) is 52.4 cm³/mol. The van der Waals surface area contributed by atoms with Gasteiger partial charge in [0.25, 0.3) is 0 Å². The number of nitrogens with two attached hydrogens (primary N) is 1. The standard InChI is InChI=1S/C9H10N4O2/c10-4-7(9(14)15)8-3-1-2-6-5-11-12-13(6)8/h1-3,5,7H,4,10H2,(H,14,15). The lowest BCUT2D eigenvalue weighted by atomic mass is 10.1. The van der Waals surface area contributed by atoms with E-state index in [0.29, 0.717) is 5.69 Å². The molecule has 6 nitrogen and oxygen atoms in total. The van der Waals surface area contributed by atoms with Crippen molar-refractivity contribution >= 4 is 11.5 Å². The van der Waals surface area contributed by atoms with E-state index in [0.717, 1.165) is 5.52 Å². The van der Waals surface area contributed by atoms with Crippen molar-refractivity contribution in [2.45, 2.75) is 5.92 Å². The summed E-state index contributed by atoms with van der Waals surface area (Å²) in [5.74, 6) is -1.71. The molecule has 2 rings (SSSR count). The van der Waals surface area contributed by atoms with Gasteiger partial charge >= 0.3 is 5.97 Å². The first kappa shape index (κ1) is 9.60. The molecule has 0 amide bonds. The molecular formula is C9H10N4O2. The number of hydrogen-bond acceptors (Lipinski definition) is 4. The van der Waals surface area contributed by atoms with Gasteiger partial charge in [0.05, 0.1) is 17.4 Å². The maximum Gasteiger partial charge on any atom is 0.313 e. The lowest BCUT2D eigenvalue weighted by Crippen LogP contribution is -2.23. The first-order chi connectivity index (χ1) is 7.24. The number of fused-ring (bicyclic) bond motifs is 1. The Morgan fingerprint density at radius 1 is 1.60 bits per heavy atom. The first-order valence-corrected chi connectivity index (χ1v) is 4.46. The van der Waals surface area contributed by atoms with Crippen LogP contribution in [0.3, 0.4) is 0 Å². The summed E-state index contributed by atoms with van der Waals surface area (Å²) in [6.07, 6.45) is 1.57. The van der Waals surface area contributed by atoms with Gasteiger partial charge in [-0.25, -0.2) is 4.52 Å². The van der Waals surface area contributed by atoms with Gasteiger partial charge in [0.15, 0.2) is 0 Å². The van der Waals surface area contributed by atoms with Crippen LogP contribution in [0.15, 0.2) is 24.4 Å². The summed E-state index contributed by atoms with van der Waals surface area (Å²) in [5.41, 5.74) is 6.72. The molecule has 0 radical (unpaired) electrons. The maximum atomic E-state index is 11.0. The van der Waals surface area contributed by atoms with E-state index in [-0.39, 0.29) is 6.54 Å². The van der Waals surface area contributed by atoms with Gasteiger partial charge in [-0.15, -0.1) is 5.10 Å². The van der Waals surface area contributed by atoms with Crippen LogP contribution in [0.25, 0.3) is 5.52 Å². The Bertz CT molecular complexity index is 494. The Kier molecular flexibility index (Phi) is 2.34. The van der Waals surface area contributed by atoms with Crippen molar-refractivity contribution in [2.24, 2.45) is 5.73 Å². The topological polar surface area (TPSA) is 93.5 Å². The molecule has 15 heavy (non-hydrogen) atoms. The van der Waals surface area contributed by atoms with Crippen LogP contribution in [0.4, 0.5) is 0 Å². The van der Waals surface area contributed by atoms with Gasteiger partial charge in [-0.1, -0.05) is 11.3 Å². The lowest BCUT2D eigenvalue weighted by Gasteiger charge is -2.10. The average Bonchev–Trinajstić information content (AvgIpc) is 2.66. The normalized spacial score (nSPS) is 12.9. The van der Waals surface area contributed by atoms with Crippen molar-refractivity contribution in [1.29, 1.82) is 0 Å². The molecule has 0 fully saturated rings. The number of hydrogen-bond donors (Lipinski definition) is 2. The van der Waals surface area contributed by atoms with Gasteiger partial charge < -0.3 is 10.8 Å². The number of aromatic nitrogens is 3. The molecule has 0 saturated carbocycles. The molecule has 1 unspecified atom stereocenters. The highest BCUT2D eigenvalue weighted by Gasteiger charge is 2.21. The largest absolute Gasteiger partial charge is 0.481 e. The molecule has 2 aromatic rings. The zero-order valence-electron chi connectivity index (χ0n) is 7.87. The van der Waals surface area contributed by atoms with Crippen LogP contribution in [-0.2, 0) is 4.79 Å². The molecule has 0 aliphatic carbocycles. The number of carbonyl (C=O) groups is 1. The van der Waals surface area contributed by atoms with Gasteiger partial charge in [0, 0.05) is 6.54 Å². The highest BCUT2D eigenvalue weighted by atomic mass is 16.4. The number of pyridine rings is 1. The van der Waals surface area contributed by atoms with E-state index in [2.05, 4.69) is 10.3 Å². The fourth-order valence-electron chi connectivity index (χ4n) is 1.49. The zero-order valence-corrected chi connectivity index (χ0v) is 7.87. The number of rotatable bonds is 3. The van der Waals surface area contributed by atoms with Gasteiger partial charge in [-0.3, -0.25) is 4.79 Å². The van der Waals surface area contributed by atoms with Crippen molar-refractivity contribution in [1.82, 2.24) is 14.8 Å². The predicted octanol–water partition coefficient (Wildman–Crippen LogP) is -0.144. The molecule has 2 aromatic heterocycles. The Morgan fingerprint density at radius 3 is 3.07 bits per heavy atom. The molecule has 1 atom stereocenters. The smallest absolute Gasteiger partial charge is 0.313 e. The second-order valence-electron chi connectivity index (χ2n) is 3.15. The van der Waals surface area contributed by atoms with Gasteiger partial charge in [0.2, 0.25) is 0 Å². The van der Waals surface area contributed by atoms with E-state index in [1.54, 1.807) is 24.4 Å². The van der Waals surface area contributed by atoms with Crippen LogP contribution >= 0.6 is 0 Å². The summed E-state index contributed by atoms with van der Waals surface area (Å²) in [4.78, 5) is 11.0. The van der Waals surface area contributed by atoms with E-state index in [9.17, 15) is 4.79 Å². The highest BCUT2D eigenvalue weighted by molar-refractivity contribution is 5.76. The van der Waals surface area contributed by atoms with Crippen molar-refractivity contribution in [3.8, 4) is 0 Å². The molecule has 3 N–H and O–H groups in total. The molecule has 0 saturated heterocycles. The number of carboxylic acid groups (broad SMARTS) is 1. The summed E-state index contributed by atoms with van der Waals surface area (Å²) < 4.78 is 1.49. The van der Waals surface area contributed by atoms with Crippen molar-refractivity contribution < 1.29 is 9.90 Å². The zero-order chi connectivity index (χ0) is 10.8. The van der Waals surface area contributed by atoms with Crippen LogP contribution in [0.2, 0.25) is 0 Å². The van der Waals surface area contributed by atoms with Gasteiger partial charge in [-0.2, -0.15) is 0 Å². The summed E-state index contributed by atoms with van der Waals surface area (Å²) >= 11 is 0. The van der Waals surface area contributed by atoms with E-state index in [4.69, 9.17) is 10.8 Å². The third kappa shape index (κ3) is 1.55. The number of aliphatic carboxylic acids is 1. The molecule has 0 aliphatic heterocycles. The van der Waals surface area contributed by atoms with Crippen LogP contribution in [0.5, 0.6) is 0 Å². The third-order valence-electron chi connectivity index (χ3n) is 2.25. The average molecular weight is 206 g/mol. The molecule has 78 valence electrons. The van der Waals surface area contributed by atoms with E-state index >= 15 is 0 Å². The highest BCUT2D eigenvalue weighted by Crippen LogP contribution is 2.15. The quantitative estimate of drug-likeness (QED) is 0.728. The minimum Gasteiger partial charge on any atom is -0.481 e.